The summed E-state index contributed by atoms with van der Waals surface area (Å²) in [5.74, 6) is 2.24. The van der Waals surface area contributed by atoms with Crippen molar-refractivity contribution in [1.82, 2.24) is 0 Å². The Bertz CT molecular complexity index is 701. The number of benzene rings is 2. The molecule has 0 radical (unpaired) electrons. The minimum Gasteiger partial charge on any atom is -0.493 e. The molecule has 0 bridgehead atoms. The van der Waals surface area contributed by atoms with Gasteiger partial charge in [-0.1, -0.05) is 45.7 Å². The number of fused-ring (bicyclic) bond motifs is 2. The van der Waals surface area contributed by atoms with Crippen LogP contribution in [0.5, 0.6) is 11.5 Å². The molecular formula is C17H14BrClO2. The summed E-state index contributed by atoms with van der Waals surface area (Å²) in [5, 5.41) is 0.769. The molecule has 0 amide bonds. The van der Waals surface area contributed by atoms with Crippen LogP contribution >= 0.6 is 27.5 Å². The molecule has 21 heavy (non-hydrogen) atoms. The number of hydrogen-bond donors (Lipinski definition) is 0. The first-order valence-corrected chi connectivity index (χ1v) is 8.34. The average molecular weight is 366 g/mol. The van der Waals surface area contributed by atoms with E-state index in [9.17, 15) is 0 Å². The molecule has 108 valence electrons. The molecule has 0 aromatic heterocycles. The summed E-state index contributed by atoms with van der Waals surface area (Å²) in [4.78, 5) is 0.131. The van der Waals surface area contributed by atoms with Gasteiger partial charge in [0.05, 0.1) is 18.0 Å². The molecule has 2 heterocycles. The highest BCUT2D eigenvalue weighted by Gasteiger charge is 2.33. The molecule has 0 spiro atoms. The monoisotopic (exact) mass is 364 g/mol. The zero-order valence-electron chi connectivity index (χ0n) is 11.3. The molecule has 0 fully saturated rings. The molecule has 4 rings (SSSR count). The van der Waals surface area contributed by atoms with E-state index in [4.69, 9.17) is 21.1 Å². The van der Waals surface area contributed by atoms with E-state index in [1.165, 1.54) is 11.1 Å². The molecule has 0 N–H and O–H groups in total. The standard InChI is InChI=1S/C17H14BrClO2/c18-16(14-9-21-15-4-2-1-3-12(14)15)13-8-11(19)7-10-5-6-20-17(10)13/h1-4,7-8,14,16H,5-6,9H2. The van der Waals surface area contributed by atoms with Crippen molar-refractivity contribution in [1.29, 1.82) is 0 Å². The van der Waals surface area contributed by atoms with Gasteiger partial charge in [-0.05, 0) is 23.8 Å². The Morgan fingerprint density at radius 3 is 2.95 bits per heavy atom. The van der Waals surface area contributed by atoms with Gasteiger partial charge in [-0.15, -0.1) is 0 Å². The largest absolute Gasteiger partial charge is 0.493 e. The normalized spacial score (nSPS) is 20.4. The topological polar surface area (TPSA) is 18.5 Å². The summed E-state index contributed by atoms with van der Waals surface area (Å²) in [7, 11) is 0. The van der Waals surface area contributed by atoms with E-state index in [0.29, 0.717) is 6.61 Å². The fourth-order valence-corrected chi connectivity index (χ4v) is 4.18. The fourth-order valence-electron chi connectivity index (χ4n) is 3.15. The van der Waals surface area contributed by atoms with E-state index in [-0.39, 0.29) is 10.7 Å². The van der Waals surface area contributed by atoms with Crippen LogP contribution < -0.4 is 9.47 Å². The van der Waals surface area contributed by atoms with E-state index >= 15 is 0 Å². The van der Waals surface area contributed by atoms with E-state index in [0.717, 1.165) is 35.1 Å². The van der Waals surface area contributed by atoms with Gasteiger partial charge in [0.15, 0.2) is 0 Å². The van der Waals surface area contributed by atoms with Gasteiger partial charge in [-0.2, -0.15) is 0 Å². The minimum absolute atomic E-state index is 0.131. The first-order valence-electron chi connectivity index (χ1n) is 7.05. The van der Waals surface area contributed by atoms with Gasteiger partial charge in [-0.25, -0.2) is 0 Å². The first-order chi connectivity index (χ1) is 10.2. The van der Waals surface area contributed by atoms with Gasteiger partial charge in [-0.3, -0.25) is 0 Å². The Kier molecular flexibility index (Phi) is 3.35. The van der Waals surface area contributed by atoms with Crippen molar-refractivity contribution in [2.45, 2.75) is 17.2 Å². The summed E-state index contributed by atoms with van der Waals surface area (Å²) >= 11 is 10.1. The molecule has 2 aliphatic rings. The van der Waals surface area contributed by atoms with E-state index < -0.39 is 0 Å². The van der Waals surface area contributed by atoms with E-state index in [2.05, 4.69) is 28.1 Å². The van der Waals surface area contributed by atoms with Crippen molar-refractivity contribution in [3.63, 3.8) is 0 Å². The molecule has 2 atom stereocenters. The maximum Gasteiger partial charge on any atom is 0.127 e. The van der Waals surface area contributed by atoms with E-state index in [1.807, 2.05) is 24.3 Å². The number of alkyl halides is 1. The third-order valence-corrected chi connectivity index (χ3v) is 5.51. The minimum atomic E-state index is 0.131. The van der Waals surface area contributed by atoms with Crippen LogP contribution in [0.1, 0.15) is 27.4 Å². The molecule has 4 heteroatoms. The Morgan fingerprint density at radius 2 is 2.05 bits per heavy atom. The summed E-state index contributed by atoms with van der Waals surface area (Å²) in [6.45, 7) is 1.41. The van der Waals surface area contributed by atoms with E-state index in [1.54, 1.807) is 0 Å². The van der Waals surface area contributed by atoms with Crippen molar-refractivity contribution >= 4 is 27.5 Å². The quantitative estimate of drug-likeness (QED) is 0.706. The highest BCUT2D eigenvalue weighted by Crippen LogP contribution is 2.49. The van der Waals surface area contributed by atoms with Crippen LogP contribution in [-0.2, 0) is 6.42 Å². The number of hydrogen-bond acceptors (Lipinski definition) is 2. The first kappa shape index (κ1) is 13.5. The molecule has 2 aromatic carbocycles. The highest BCUT2D eigenvalue weighted by atomic mass is 79.9. The molecule has 0 saturated carbocycles. The summed E-state index contributed by atoms with van der Waals surface area (Å²) in [6, 6.07) is 12.2. The molecular weight excluding hydrogens is 352 g/mol. The number of halogens is 2. The predicted molar refractivity (Wildman–Crippen MR) is 87.0 cm³/mol. The fraction of sp³-hybridized carbons (Fsp3) is 0.294. The number of ether oxygens (including phenoxy) is 2. The van der Waals surface area contributed by atoms with Gasteiger partial charge in [0, 0.05) is 28.5 Å². The van der Waals surface area contributed by atoms with Gasteiger partial charge in [0.2, 0.25) is 0 Å². The zero-order chi connectivity index (χ0) is 14.4. The Morgan fingerprint density at radius 1 is 1.19 bits per heavy atom. The van der Waals surface area contributed by atoms with Crippen LogP contribution in [0.15, 0.2) is 36.4 Å². The van der Waals surface area contributed by atoms with Crippen molar-refractivity contribution in [2.75, 3.05) is 13.2 Å². The Hall–Kier alpha value is -1.19. The lowest BCUT2D eigenvalue weighted by molar-refractivity contribution is 0.325. The maximum absolute atomic E-state index is 6.27. The SMILES string of the molecule is Clc1cc2c(c(C(Br)C3COc4ccccc43)c1)OCC2. The van der Waals surface area contributed by atoms with Crippen LogP contribution in [0.25, 0.3) is 0 Å². The second kappa shape index (κ2) is 5.22. The van der Waals surface area contributed by atoms with Crippen molar-refractivity contribution in [3.05, 3.63) is 58.1 Å². The Balaban J connectivity index is 1.75. The predicted octanol–water partition coefficient (Wildman–Crippen LogP) is 4.89. The highest BCUT2D eigenvalue weighted by molar-refractivity contribution is 9.09. The van der Waals surface area contributed by atoms with Gasteiger partial charge in [0.1, 0.15) is 11.5 Å². The van der Waals surface area contributed by atoms with Crippen LogP contribution in [0.4, 0.5) is 0 Å². The van der Waals surface area contributed by atoms with Crippen LogP contribution in [0, 0.1) is 0 Å². The number of para-hydroxylation sites is 1. The molecule has 2 aliphatic heterocycles. The average Bonchev–Trinajstić information content (AvgIpc) is 3.11. The van der Waals surface area contributed by atoms with Gasteiger partial charge < -0.3 is 9.47 Å². The van der Waals surface area contributed by atoms with Crippen molar-refractivity contribution < 1.29 is 9.47 Å². The van der Waals surface area contributed by atoms with Gasteiger partial charge in [0.25, 0.3) is 0 Å². The smallest absolute Gasteiger partial charge is 0.127 e. The maximum atomic E-state index is 6.27. The summed E-state index contributed by atoms with van der Waals surface area (Å²) in [6.07, 6.45) is 0.931. The second-order valence-corrected chi connectivity index (χ2v) is 6.86. The number of rotatable bonds is 2. The van der Waals surface area contributed by atoms with Gasteiger partial charge >= 0.3 is 0 Å². The lowest BCUT2D eigenvalue weighted by atomic mass is 9.92. The summed E-state index contributed by atoms with van der Waals surface area (Å²) < 4.78 is 11.6. The third kappa shape index (κ3) is 2.23. The molecule has 2 nitrogen and oxygen atoms in total. The van der Waals surface area contributed by atoms with Crippen LogP contribution in [-0.4, -0.2) is 13.2 Å². The van der Waals surface area contributed by atoms with Crippen molar-refractivity contribution in [3.8, 4) is 11.5 Å². The third-order valence-electron chi connectivity index (χ3n) is 4.16. The van der Waals surface area contributed by atoms with Crippen LogP contribution in [0.2, 0.25) is 5.02 Å². The zero-order valence-corrected chi connectivity index (χ0v) is 13.7. The Labute approximate surface area is 137 Å². The summed E-state index contributed by atoms with van der Waals surface area (Å²) in [5.41, 5.74) is 3.57. The molecule has 0 aliphatic carbocycles. The lowest BCUT2D eigenvalue weighted by Gasteiger charge is -2.20. The van der Waals surface area contributed by atoms with Crippen LogP contribution in [0.3, 0.4) is 0 Å². The molecule has 2 aromatic rings. The lowest BCUT2D eigenvalue weighted by Crippen LogP contribution is -2.09. The van der Waals surface area contributed by atoms with Crippen molar-refractivity contribution in [2.24, 2.45) is 0 Å². The second-order valence-electron chi connectivity index (χ2n) is 5.44. The molecule has 0 saturated heterocycles. The molecule has 2 unspecified atom stereocenters.